The lowest BCUT2D eigenvalue weighted by atomic mass is 10.0. The Bertz CT molecular complexity index is 387. The molecular formula is C17H22O. The molecule has 0 unspecified atom stereocenters. The Morgan fingerprint density at radius 3 is 1.50 bits per heavy atom. The zero-order valence-corrected chi connectivity index (χ0v) is 11.7. The Labute approximate surface area is 110 Å². The molecule has 2 aromatic rings. The van der Waals surface area contributed by atoms with Crippen LogP contribution in [0.2, 0.25) is 0 Å². The normalized spacial score (nSPS) is 10.4. The van der Waals surface area contributed by atoms with E-state index in [2.05, 4.69) is 24.3 Å². The topological polar surface area (TPSA) is 9.23 Å². The van der Waals surface area contributed by atoms with E-state index in [0.29, 0.717) is 0 Å². The van der Waals surface area contributed by atoms with Crippen LogP contribution < -0.4 is 4.74 Å². The number of ether oxygens (including phenoxy) is 1. The van der Waals surface area contributed by atoms with Gasteiger partial charge in [-0.25, -0.2) is 0 Å². The molecule has 1 heteroatoms. The van der Waals surface area contributed by atoms with Gasteiger partial charge in [0.05, 0.1) is 0 Å². The van der Waals surface area contributed by atoms with E-state index in [1.54, 1.807) is 0 Å². The molecule has 2 aromatic carbocycles. The summed E-state index contributed by atoms with van der Waals surface area (Å²) in [6.07, 6.45) is 0.979. The molecule has 3 rings (SSSR count). The molecule has 0 aromatic heterocycles. The number of rotatable bonds is 0. The lowest BCUT2D eigenvalue weighted by molar-refractivity contribution is 0.460. The fourth-order valence-corrected chi connectivity index (χ4v) is 1.82. The molecular weight excluding hydrogens is 220 g/mol. The fraction of sp³-hybridized carbons (Fsp3) is 0.294. The van der Waals surface area contributed by atoms with Crippen LogP contribution in [-0.2, 0) is 6.42 Å². The molecule has 96 valence electrons. The maximum absolute atomic E-state index is 5.78. The van der Waals surface area contributed by atoms with Gasteiger partial charge in [-0.1, -0.05) is 64.1 Å². The monoisotopic (exact) mass is 242 g/mol. The second-order valence-electron chi connectivity index (χ2n) is 3.49. The molecule has 0 aliphatic carbocycles. The van der Waals surface area contributed by atoms with Gasteiger partial charge in [-0.05, 0) is 23.3 Å². The Kier molecular flexibility index (Phi) is 5.99. The summed E-state index contributed by atoms with van der Waals surface area (Å²) in [6, 6.07) is 16.4. The molecule has 1 aliphatic rings. The average molecular weight is 242 g/mol. The maximum Gasteiger partial charge on any atom is 0.130 e. The van der Waals surface area contributed by atoms with Gasteiger partial charge < -0.3 is 4.74 Å². The summed E-state index contributed by atoms with van der Waals surface area (Å²) in [5.74, 6) is 1.98. The number of para-hydroxylation sites is 2. The van der Waals surface area contributed by atoms with E-state index in [1.807, 2.05) is 52.0 Å². The summed E-state index contributed by atoms with van der Waals surface area (Å²) in [5, 5.41) is 0. The van der Waals surface area contributed by atoms with Crippen molar-refractivity contribution in [3.8, 4) is 11.5 Å². The van der Waals surface area contributed by atoms with Crippen LogP contribution in [0.3, 0.4) is 0 Å². The van der Waals surface area contributed by atoms with Crippen LogP contribution in [0.4, 0.5) is 0 Å². The standard InChI is InChI=1S/C13H10O.2C2H6/c1-3-7-12-10(5-1)9-11-6-2-4-8-13(11)14-12;2*1-2/h1-8H,9H2;2*1-2H3. The van der Waals surface area contributed by atoms with Gasteiger partial charge in [0.2, 0.25) is 0 Å². The van der Waals surface area contributed by atoms with Crippen molar-refractivity contribution in [2.45, 2.75) is 34.1 Å². The highest BCUT2D eigenvalue weighted by Gasteiger charge is 2.14. The quantitative estimate of drug-likeness (QED) is 0.510. The van der Waals surface area contributed by atoms with Crippen molar-refractivity contribution in [1.82, 2.24) is 0 Å². The number of hydrogen-bond donors (Lipinski definition) is 0. The van der Waals surface area contributed by atoms with E-state index < -0.39 is 0 Å². The van der Waals surface area contributed by atoms with Gasteiger partial charge in [0.1, 0.15) is 11.5 Å². The Morgan fingerprint density at radius 1 is 0.667 bits per heavy atom. The van der Waals surface area contributed by atoms with Crippen molar-refractivity contribution in [2.24, 2.45) is 0 Å². The number of fused-ring (bicyclic) bond motifs is 2. The van der Waals surface area contributed by atoms with Crippen LogP contribution in [0.1, 0.15) is 38.8 Å². The van der Waals surface area contributed by atoms with E-state index in [1.165, 1.54) is 11.1 Å². The van der Waals surface area contributed by atoms with Gasteiger partial charge in [-0.3, -0.25) is 0 Å². The molecule has 1 aliphatic heterocycles. The van der Waals surface area contributed by atoms with Gasteiger partial charge in [-0.15, -0.1) is 0 Å². The lowest BCUT2D eigenvalue weighted by Crippen LogP contribution is -2.01. The summed E-state index contributed by atoms with van der Waals surface area (Å²) in [7, 11) is 0. The Morgan fingerprint density at radius 2 is 1.06 bits per heavy atom. The van der Waals surface area contributed by atoms with Crippen LogP contribution in [-0.4, -0.2) is 0 Å². The first kappa shape index (κ1) is 14.3. The molecule has 0 spiro atoms. The largest absolute Gasteiger partial charge is 0.457 e. The predicted octanol–water partition coefficient (Wildman–Crippen LogP) is 5.44. The van der Waals surface area contributed by atoms with Crippen molar-refractivity contribution in [3.05, 3.63) is 59.7 Å². The molecule has 0 fully saturated rings. The highest BCUT2D eigenvalue weighted by Crippen LogP contribution is 2.35. The second kappa shape index (κ2) is 7.54. The van der Waals surface area contributed by atoms with Crippen molar-refractivity contribution < 1.29 is 4.74 Å². The Hall–Kier alpha value is -1.76. The van der Waals surface area contributed by atoms with Crippen LogP contribution in [0.15, 0.2) is 48.5 Å². The third-order valence-electron chi connectivity index (χ3n) is 2.55. The van der Waals surface area contributed by atoms with Crippen molar-refractivity contribution in [2.75, 3.05) is 0 Å². The van der Waals surface area contributed by atoms with Crippen molar-refractivity contribution >= 4 is 0 Å². The number of hydrogen-bond acceptors (Lipinski definition) is 1. The Balaban J connectivity index is 0.000000371. The highest BCUT2D eigenvalue weighted by molar-refractivity contribution is 5.49. The average Bonchev–Trinajstić information content (AvgIpc) is 2.49. The van der Waals surface area contributed by atoms with Gasteiger partial charge in [0.15, 0.2) is 0 Å². The molecule has 1 nitrogen and oxygen atoms in total. The molecule has 18 heavy (non-hydrogen) atoms. The molecule has 0 atom stereocenters. The summed E-state index contributed by atoms with van der Waals surface area (Å²) >= 11 is 0. The molecule has 0 bridgehead atoms. The van der Waals surface area contributed by atoms with Gasteiger partial charge >= 0.3 is 0 Å². The molecule has 0 radical (unpaired) electrons. The van der Waals surface area contributed by atoms with Gasteiger partial charge in [0, 0.05) is 6.42 Å². The number of benzene rings is 2. The summed E-state index contributed by atoms with van der Waals surface area (Å²) in [4.78, 5) is 0. The summed E-state index contributed by atoms with van der Waals surface area (Å²) in [5.41, 5.74) is 2.54. The maximum atomic E-state index is 5.78. The SMILES string of the molecule is CC.CC.c1ccc2c(c1)Cc1ccccc1O2. The first-order valence-corrected chi connectivity index (χ1v) is 6.77. The van der Waals surface area contributed by atoms with Crippen LogP contribution >= 0.6 is 0 Å². The lowest BCUT2D eigenvalue weighted by Gasteiger charge is -2.19. The van der Waals surface area contributed by atoms with Crippen LogP contribution in [0.5, 0.6) is 11.5 Å². The van der Waals surface area contributed by atoms with Crippen LogP contribution in [0.25, 0.3) is 0 Å². The molecule has 0 N–H and O–H groups in total. The first-order valence-electron chi connectivity index (χ1n) is 6.77. The zero-order chi connectivity index (χ0) is 13.4. The van der Waals surface area contributed by atoms with E-state index in [4.69, 9.17) is 4.74 Å². The molecule has 1 heterocycles. The van der Waals surface area contributed by atoms with E-state index >= 15 is 0 Å². The molecule has 0 saturated heterocycles. The minimum absolute atomic E-state index is 0.979. The van der Waals surface area contributed by atoms with Gasteiger partial charge in [0.25, 0.3) is 0 Å². The minimum atomic E-state index is 0.979. The minimum Gasteiger partial charge on any atom is -0.457 e. The van der Waals surface area contributed by atoms with E-state index in [-0.39, 0.29) is 0 Å². The smallest absolute Gasteiger partial charge is 0.130 e. The van der Waals surface area contributed by atoms with Crippen molar-refractivity contribution in [1.29, 1.82) is 0 Å². The molecule has 0 amide bonds. The van der Waals surface area contributed by atoms with Crippen molar-refractivity contribution in [3.63, 3.8) is 0 Å². The van der Waals surface area contributed by atoms with E-state index in [0.717, 1.165) is 17.9 Å². The predicted molar refractivity (Wildman–Crippen MR) is 78.5 cm³/mol. The third kappa shape index (κ3) is 3.13. The highest BCUT2D eigenvalue weighted by atomic mass is 16.5. The summed E-state index contributed by atoms with van der Waals surface area (Å²) < 4.78 is 5.78. The first-order chi connectivity index (χ1) is 8.93. The third-order valence-corrected chi connectivity index (χ3v) is 2.55. The van der Waals surface area contributed by atoms with Crippen LogP contribution in [0, 0.1) is 0 Å². The second-order valence-corrected chi connectivity index (χ2v) is 3.49. The van der Waals surface area contributed by atoms with Gasteiger partial charge in [-0.2, -0.15) is 0 Å². The fourth-order valence-electron chi connectivity index (χ4n) is 1.82. The molecule has 0 saturated carbocycles. The zero-order valence-electron chi connectivity index (χ0n) is 11.7. The summed E-state index contributed by atoms with van der Waals surface area (Å²) in [6.45, 7) is 8.00. The van der Waals surface area contributed by atoms with E-state index in [9.17, 15) is 0 Å².